The molecule has 2 N–H and O–H groups in total. The number of rotatable bonds is 5. The summed E-state index contributed by atoms with van der Waals surface area (Å²) >= 11 is 5.77. The molecule has 0 aliphatic carbocycles. The predicted octanol–water partition coefficient (Wildman–Crippen LogP) is 2.35. The zero-order valence-corrected chi connectivity index (χ0v) is 13.4. The van der Waals surface area contributed by atoms with E-state index in [1.165, 1.54) is 12.1 Å². The lowest BCUT2D eigenvalue weighted by molar-refractivity contribution is -0.123. The van der Waals surface area contributed by atoms with E-state index in [9.17, 15) is 9.18 Å². The van der Waals surface area contributed by atoms with Gasteiger partial charge in [-0.25, -0.2) is 4.39 Å². The molecule has 2 aromatic rings. The van der Waals surface area contributed by atoms with Gasteiger partial charge in [0.25, 0.3) is 0 Å². The molecule has 22 heavy (non-hydrogen) atoms. The van der Waals surface area contributed by atoms with E-state index in [2.05, 4.69) is 15.7 Å². The van der Waals surface area contributed by atoms with Crippen LogP contribution in [0.2, 0.25) is 5.02 Å². The number of likely N-dealkylation sites (N-methyl/N-ethyl adjacent to an activating group) is 1. The third-order valence-electron chi connectivity index (χ3n) is 3.41. The summed E-state index contributed by atoms with van der Waals surface area (Å²) < 4.78 is 14.8. The van der Waals surface area contributed by atoms with Crippen molar-refractivity contribution in [1.29, 1.82) is 0 Å². The van der Waals surface area contributed by atoms with Crippen molar-refractivity contribution in [3.8, 4) is 0 Å². The van der Waals surface area contributed by atoms with E-state index in [0.717, 1.165) is 11.1 Å². The van der Waals surface area contributed by atoms with E-state index in [1.54, 1.807) is 37.2 Å². The molecule has 1 amide bonds. The van der Waals surface area contributed by atoms with Gasteiger partial charge in [-0.15, -0.1) is 0 Å². The van der Waals surface area contributed by atoms with Crippen molar-refractivity contribution in [3.05, 3.63) is 52.6 Å². The highest BCUT2D eigenvalue weighted by atomic mass is 35.5. The molecule has 0 saturated heterocycles. The fraction of sp³-hybridized carbons (Fsp3) is 0.333. The van der Waals surface area contributed by atoms with Gasteiger partial charge in [0.2, 0.25) is 5.91 Å². The number of benzene rings is 1. The molecule has 0 aliphatic heterocycles. The van der Waals surface area contributed by atoms with Crippen LogP contribution >= 0.6 is 11.6 Å². The molecule has 0 spiro atoms. The molecule has 0 bridgehead atoms. The Hall–Kier alpha value is -1.92. The van der Waals surface area contributed by atoms with E-state index in [4.69, 9.17) is 11.6 Å². The quantitative estimate of drug-likeness (QED) is 0.887. The molecule has 2 atom stereocenters. The van der Waals surface area contributed by atoms with E-state index in [1.807, 2.05) is 6.92 Å². The number of aromatic nitrogens is 2. The van der Waals surface area contributed by atoms with Crippen molar-refractivity contribution in [3.63, 3.8) is 0 Å². The Bertz CT molecular complexity index is 673. The molecule has 1 aromatic heterocycles. The minimum absolute atomic E-state index is 0.0380. The summed E-state index contributed by atoms with van der Waals surface area (Å²) in [5, 5.41) is 9.94. The van der Waals surface area contributed by atoms with Gasteiger partial charge >= 0.3 is 0 Å². The van der Waals surface area contributed by atoms with E-state index in [-0.39, 0.29) is 17.0 Å². The summed E-state index contributed by atoms with van der Waals surface area (Å²) in [7, 11) is 3.49. The maximum Gasteiger partial charge on any atom is 0.242 e. The second-order valence-corrected chi connectivity index (χ2v) is 5.48. The zero-order chi connectivity index (χ0) is 16.3. The van der Waals surface area contributed by atoms with E-state index < -0.39 is 11.9 Å². The highest BCUT2D eigenvalue weighted by Crippen LogP contribution is 2.21. The van der Waals surface area contributed by atoms with Gasteiger partial charge in [-0.2, -0.15) is 5.10 Å². The number of amides is 1. The molecule has 0 fully saturated rings. The van der Waals surface area contributed by atoms with Gasteiger partial charge in [-0.1, -0.05) is 17.7 Å². The standard InChI is InChI=1S/C15H18ClFN4O/c1-9(10-4-5-13(17)12(16)6-10)20-15(22)14(18-2)11-7-19-21(3)8-11/h4-9,14,18H,1-3H3,(H,20,22). The topological polar surface area (TPSA) is 59.0 Å². The second-order valence-electron chi connectivity index (χ2n) is 5.07. The SMILES string of the molecule is CNC(C(=O)NC(C)c1ccc(F)c(Cl)c1)c1cnn(C)c1. The Morgan fingerprint density at radius 2 is 2.14 bits per heavy atom. The lowest BCUT2D eigenvalue weighted by Crippen LogP contribution is -2.37. The summed E-state index contributed by atoms with van der Waals surface area (Å²) in [5.41, 5.74) is 1.51. The van der Waals surface area contributed by atoms with Crippen molar-refractivity contribution >= 4 is 17.5 Å². The van der Waals surface area contributed by atoms with Crippen LogP contribution in [0.1, 0.15) is 30.1 Å². The van der Waals surface area contributed by atoms with Crippen LogP contribution in [0.25, 0.3) is 0 Å². The van der Waals surface area contributed by atoms with Crippen LogP contribution in [0.3, 0.4) is 0 Å². The third-order valence-corrected chi connectivity index (χ3v) is 3.70. The van der Waals surface area contributed by atoms with Crippen molar-refractivity contribution in [2.75, 3.05) is 7.05 Å². The second kappa shape index (κ2) is 6.89. The van der Waals surface area contributed by atoms with Crippen molar-refractivity contribution in [2.45, 2.75) is 19.0 Å². The lowest BCUT2D eigenvalue weighted by Gasteiger charge is -2.19. The van der Waals surface area contributed by atoms with Crippen molar-refractivity contribution in [1.82, 2.24) is 20.4 Å². The molecule has 0 aliphatic rings. The first-order valence-electron chi connectivity index (χ1n) is 6.83. The number of hydrogen-bond donors (Lipinski definition) is 2. The molecule has 2 unspecified atom stereocenters. The Labute approximate surface area is 133 Å². The maximum atomic E-state index is 13.2. The molecule has 1 aromatic carbocycles. The summed E-state index contributed by atoms with van der Waals surface area (Å²) in [5.74, 6) is -0.671. The van der Waals surface area contributed by atoms with Crippen LogP contribution in [0.15, 0.2) is 30.6 Å². The first-order valence-corrected chi connectivity index (χ1v) is 7.21. The van der Waals surface area contributed by atoms with Crippen molar-refractivity contribution < 1.29 is 9.18 Å². The summed E-state index contributed by atoms with van der Waals surface area (Å²) in [6.07, 6.45) is 3.42. The molecule has 7 heteroatoms. The van der Waals surface area contributed by atoms with Crippen LogP contribution in [-0.4, -0.2) is 22.7 Å². The van der Waals surface area contributed by atoms with Crippen LogP contribution in [-0.2, 0) is 11.8 Å². The van der Waals surface area contributed by atoms with E-state index in [0.29, 0.717) is 0 Å². The highest BCUT2D eigenvalue weighted by molar-refractivity contribution is 6.30. The number of nitrogens with zero attached hydrogens (tertiary/aromatic N) is 2. The lowest BCUT2D eigenvalue weighted by atomic mass is 10.1. The Morgan fingerprint density at radius 1 is 1.41 bits per heavy atom. The number of carbonyl (C=O) groups is 1. The Balaban J connectivity index is 2.10. The van der Waals surface area contributed by atoms with Gasteiger partial charge in [-0.3, -0.25) is 9.48 Å². The first-order chi connectivity index (χ1) is 10.4. The van der Waals surface area contributed by atoms with Gasteiger partial charge in [0, 0.05) is 18.8 Å². The zero-order valence-electron chi connectivity index (χ0n) is 12.6. The van der Waals surface area contributed by atoms with Gasteiger partial charge in [0.15, 0.2) is 0 Å². The first kappa shape index (κ1) is 16.5. The molecule has 0 radical (unpaired) electrons. The molecule has 5 nitrogen and oxygen atoms in total. The fourth-order valence-electron chi connectivity index (χ4n) is 2.20. The number of nitrogens with one attached hydrogen (secondary N) is 2. The van der Waals surface area contributed by atoms with Gasteiger partial charge < -0.3 is 10.6 Å². The van der Waals surface area contributed by atoms with Gasteiger partial charge in [-0.05, 0) is 31.7 Å². The fourth-order valence-corrected chi connectivity index (χ4v) is 2.39. The molecular weight excluding hydrogens is 307 g/mol. The summed E-state index contributed by atoms with van der Waals surface area (Å²) in [6.45, 7) is 1.82. The van der Waals surface area contributed by atoms with E-state index >= 15 is 0 Å². The van der Waals surface area contributed by atoms with Crippen LogP contribution in [0.5, 0.6) is 0 Å². The minimum atomic E-state index is -0.507. The number of hydrogen-bond acceptors (Lipinski definition) is 3. The number of carbonyl (C=O) groups excluding carboxylic acids is 1. The normalized spacial score (nSPS) is 13.7. The Morgan fingerprint density at radius 3 is 2.68 bits per heavy atom. The summed E-state index contributed by atoms with van der Waals surface area (Å²) in [4.78, 5) is 12.4. The predicted molar refractivity (Wildman–Crippen MR) is 83.0 cm³/mol. The smallest absolute Gasteiger partial charge is 0.242 e. The largest absolute Gasteiger partial charge is 0.348 e. The molecule has 118 valence electrons. The van der Waals surface area contributed by atoms with Gasteiger partial charge in [0.1, 0.15) is 11.9 Å². The van der Waals surface area contributed by atoms with Crippen LogP contribution < -0.4 is 10.6 Å². The monoisotopic (exact) mass is 324 g/mol. The average Bonchev–Trinajstić information content (AvgIpc) is 2.89. The molecule has 2 rings (SSSR count). The third kappa shape index (κ3) is 3.64. The Kier molecular flexibility index (Phi) is 5.15. The van der Waals surface area contributed by atoms with Crippen molar-refractivity contribution in [2.24, 2.45) is 7.05 Å². The number of aryl methyl sites for hydroxylation is 1. The molecular formula is C15H18ClFN4O. The average molecular weight is 325 g/mol. The van der Waals surface area contributed by atoms with Crippen LogP contribution in [0, 0.1) is 5.82 Å². The van der Waals surface area contributed by atoms with Gasteiger partial charge in [0.05, 0.1) is 17.3 Å². The maximum absolute atomic E-state index is 13.2. The van der Waals surface area contributed by atoms with Crippen LogP contribution in [0.4, 0.5) is 4.39 Å². The molecule has 1 heterocycles. The molecule has 0 saturated carbocycles. The summed E-state index contributed by atoms with van der Waals surface area (Å²) in [6, 6.07) is 3.60. The number of halogens is 2. The minimum Gasteiger partial charge on any atom is -0.348 e. The highest BCUT2D eigenvalue weighted by Gasteiger charge is 2.22.